The topological polar surface area (TPSA) is 111 Å². The number of phosphoric acid groups is 1. The Hall–Kier alpha value is -1.51. The van der Waals surface area contributed by atoms with Gasteiger partial charge in [-0.15, -0.1) is 0 Å². The second-order valence-electron chi connectivity index (χ2n) is 16.1. The molecule has 0 aromatic heterocycles. The van der Waals surface area contributed by atoms with E-state index in [9.17, 15) is 19.0 Å². The van der Waals surface area contributed by atoms with Crippen LogP contribution in [0.3, 0.4) is 0 Å². The second-order valence-corrected chi connectivity index (χ2v) is 17.5. The molecule has 1 unspecified atom stereocenters. The van der Waals surface area contributed by atoms with Gasteiger partial charge >= 0.3 is 11.9 Å². The monoisotopic (exact) mass is 786 g/mol. The Morgan fingerprint density at radius 2 is 0.944 bits per heavy atom. The van der Waals surface area contributed by atoms with Crippen LogP contribution >= 0.6 is 7.82 Å². The van der Waals surface area contributed by atoms with Gasteiger partial charge < -0.3 is 27.9 Å². The highest BCUT2D eigenvalue weighted by molar-refractivity contribution is 7.45. The molecule has 0 radical (unpaired) electrons. The average Bonchev–Trinajstić information content (AvgIpc) is 3.12. The lowest BCUT2D eigenvalue weighted by Crippen LogP contribution is -2.37. The van der Waals surface area contributed by atoms with E-state index in [1.807, 2.05) is 21.1 Å². The van der Waals surface area contributed by atoms with Crippen LogP contribution in [-0.4, -0.2) is 70.0 Å². The fourth-order valence-electron chi connectivity index (χ4n) is 5.94. The molecule has 0 bridgehead atoms. The van der Waals surface area contributed by atoms with Crippen LogP contribution in [0.4, 0.5) is 0 Å². The van der Waals surface area contributed by atoms with Crippen molar-refractivity contribution >= 4 is 19.8 Å². The fourth-order valence-corrected chi connectivity index (χ4v) is 6.67. The van der Waals surface area contributed by atoms with Crippen LogP contribution in [0, 0.1) is 0 Å². The van der Waals surface area contributed by atoms with Gasteiger partial charge in [-0.05, 0) is 64.2 Å². The predicted octanol–water partition coefficient (Wildman–Crippen LogP) is 11.7. The minimum absolute atomic E-state index is 0.0312. The molecule has 0 aromatic carbocycles. The van der Waals surface area contributed by atoms with E-state index in [1.54, 1.807) is 0 Å². The maximum Gasteiger partial charge on any atom is 0.306 e. The van der Waals surface area contributed by atoms with Crippen LogP contribution in [0.15, 0.2) is 24.3 Å². The molecule has 0 amide bonds. The first-order valence-electron chi connectivity index (χ1n) is 22.0. The number of nitrogens with zero attached hydrogens (tertiary/aromatic N) is 1. The van der Waals surface area contributed by atoms with Gasteiger partial charge in [0.2, 0.25) is 0 Å². The second kappa shape index (κ2) is 37.1. The first-order chi connectivity index (χ1) is 26.0. The number of unbranched alkanes of at least 4 members (excludes halogenated alkanes) is 22. The maximum atomic E-state index is 12.7. The predicted molar refractivity (Wildman–Crippen MR) is 222 cm³/mol. The molecule has 9 nitrogen and oxygen atoms in total. The van der Waals surface area contributed by atoms with Crippen LogP contribution in [0.25, 0.3) is 0 Å². The van der Waals surface area contributed by atoms with Gasteiger partial charge in [-0.2, -0.15) is 0 Å². The lowest BCUT2D eigenvalue weighted by atomic mass is 10.1. The zero-order valence-corrected chi connectivity index (χ0v) is 36.6. The number of esters is 2. The van der Waals surface area contributed by atoms with Gasteiger partial charge in [0.15, 0.2) is 6.10 Å². The summed E-state index contributed by atoms with van der Waals surface area (Å²) in [7, 11) is 1.16. The number of ether oxygens (including phenoxy) is 2. The first-order valence-corrected chi connectivity index (χ1v) is 23.5. The van der Waals surface area contributed by atoms with E-state index < -0.39 is 26.5 Å². The Morgan fingerprint density at radius 3 is 1.37 bits per heavy atom. The van der Waals surface area contributed by atoms with Gasteiger partial charge in [0.05, 0.1) is 27.7 Å². The summed E-state index contributed by atoms with van der Waals surface area (Å²) in [5, 5.41) is 0. The highest BCUT2D eigenvalue weighted by Gasteiger charge is 2.21. The molecule has 0 saturated carbocycles. The Labute approximate surface area is 332 Å². The summed E-state index contributed by atoms with van der Waals surface area (Å²) < 4.78 is 33.9. The molecular formula is C44H84NO8P. The standard InChI is InChI=1S/C44H84NO8P/c1-6-8-10-12-14-16-18-20-22-24-26-28-30-32-34-36-43(46)50-40-42(41-52-54(48,49)51-39-38-45(3,4)5)53-44(47)37-35-33-31-29-27-25-23-21-19-17-15-13-11-9-7-2/h16-19,42H,6-15,20-41H2,1-5H3/b18-16-,19-17-/t42-/m1/s1. The molecule has 0 fully saturated rings. The summed E-state index contributed by atoms with van der Waals surface area (Å²) in [4.78, 5) is 37.5. The summed E-state index contributed by atoms with van der Waals surface area (Å²) in [5.41, 5.74) is 0. The average molecular weight is 786 g/mol. The quantitative estimate of drug-likeness (QED) is 0.0198. The first kappa shape index (κ1) is 52.5. The summed E-state index contributed by atoms with van der Waals surface area (Å²) in [6.45, 7) is 4.20. The molecule has 0 aliphatic heterocycles. The van der Waals surface area contributed by atoms with E-state index in [0.29, 0.717) is 17.4 Å². The van der Waals surface area contributed by atoms with Crippen molar-refractivity contribution < 1.29 is 42.1 Å². The zero-order chi connectivity index (χ0) is 40.0. The Morgan fingerprint density at radius 1 is 0.556 bits per heavy atom. The van der Waals surface area contributed by atoms with E-state index in [4.69, 9.17) is 18.5 Å². The Bertz CT molecular complexity index is 980. The molecule has 0 heterocycles. The molecule has 0 aliphatic rings. The van der Waals surface area contributed by atoms with Crippen LogP contribution in [-0.2, 0) is 32.7 Å². The van der Waals surface area contributed by atoms with E-state index in [0.717, 1.165) is 57.8 Å². The van der Waals surface area contributed by atoms with E-state index in [2.05, 4.69) is 38.2 Å². The lowest BCUT2D eigenvalue weighted by Gasteiger charge is -2.28. The maximum absolute atomic E-state index is 12.7. The molecule has 54 heavy (non-hydrogen) atoms. The number of hydrogen-bond acceptors (Lipinski definition) is 8. The fraction of sp³-hybridized carbons (Fsp3) is 0.864. The van der Waals surface area contributed by atoms with Crippen LogP contribution in [0.2, 0.25) is 0 Å². The largest absolute Gasteiger partial charge is 0.756 e. The van der Waals surface area contributed by atoms with Crippen molar-refractivity contribution in [3.8, 4) is 0 Å². The van der Waals surface area contributed by atoms with Gasteiger partial charge in [0, 0.05) is 12.8 Å². The summed E-state index contributed by atoms with van der Waals surface area (Å²) in [5.74, 6) is -0.841. The lowest BCUT2D eigenvalue weighted by molar-refractivity contribution is -0.870. The van der Waals surface area contributed by atoms with Crippen LogP contribution in [0.1, 0.15) is 194 Å². The molecule has 0 aliphatic carbocycles. The van der Waals surface area contributed by atoms with Crippen molar-refractivity contribution in [3.63, 3.8) is 0 Å². The molecule has 0 aromatic rings. The molecule has 318 valence electrons. The molecular weight excluding hydrogens is 701 g/mol. The van der Waals surface area contributed by atoms with Gasteiger partial charge in [-0.25, -0.2) is 0 Å². The SMILES string of the molecule is CCCCCC/C=C\CCCCCCCCCC(=O)OC[C@H](COP(=O)([O-])OCC[N+](C)(C)C)OC(=O)CCCCCCCCC/C=C\CCCCCC. The van der Waals surface area contributed by atoms with Gasteiger partial charge in [0.1, 0.15) is 19.8 Å². The summed E-state index contributed by atoms with van der Waals surface area (Å²) in [6, 6.07) is 0. The van der Waals surface area contributed by atoms with E-state index in [-0.39, 0.29) is 32.0 Å². The van der Waals surface area contributed by atoms with Gasteiger partial charge in [-0.1, -0.05) is 141 Å². The number of quaternary nitrogens is 1. The minimum Gasteiger partial charge on any atom is -0.756 e. The molecule has 0 saturated heterocycles. The van der Waals surface area contributed by atoms with Crippen molar-refractivity contribution in [2.45, 2.75) is 200 Å². The number of hydrogen-bond donors (Lipinski definition) is 0. The third-order valence-corrected chi connectivity index (χ3v) is 10.4. The number of carbonyl (C=O) groups is 2. The molecule has 2 atom stereocenters. The van der Waals surface area contributed by atoms with E-state index in [1.165, 1.54) is 103 Å². The van der Waals surface area contributed by atoms with Crippen LogP contribution in [0.5, 0.6) is 0 Å². The molecule has 0 rings (SSSR count). The Balaban J connectivity index is 4.36. The van der Waals surface area contributed by atoms with Gasteiger partial charge in [0.25, 0.3) is 7.82 Å². The van der Waals surface area contributed by atoms with Crippen molar-refractivity contribution in [2.24, 2.45) is 0 Å². The highest BCUT2D eigenvalue weighted by Crippen LogP contribution is 2.38. The smallest absolute Gasteiger partial charge is 0.306 e. The van der Waals surface area contributed by atoms with Crippen molar-refractivity contribution in [3.05, 3.63) is 24.3 Å². The molecule has 10 heteroatoms. The minimum atomic E-state index is -4.62. The number of carbonyl (C=O) groups excluding carboxylic acids is 2. The van der Waals surface area contributed by atoms with Crippen molar-refractivity contribution in [1.82, 2.24) is 0 Å². The number of phosphoric ester groups is 1. The van der Waals surface area contributed by atoms with Gasteiger partial charge in [-0.3, -0.25) is 14.2 Å². The third-order valence-electron chi connectivity index (χ3n) is 9.44. The molecule has 0 N–H and O–H groups in total. The van der Waals surface area contributed by atoms with Crippen molar-refractivity contribution in [1.29, 1.82) is 0 Å². The Kier molecular flexibility index (Phi) is 36.1. The zero-order valence-electron chi connectivity index (χ0n) is 35.7. The van der Waals surface area contributed by atoms with E-state index >= 15 is 0 Å². The number of allylic oxidation sites excluding steroid dienone is 4. The number of rotatable bonds is 40. The third kappa shape index (κ3) is 40.2. The number of likely N-dealkylation sites (N-methyl/N-ethyl adjacent to an activating group) is 1. The summed E-state index contributed by atoms with van der Waals surface area (Å²) >= 11 is 0. The highest BCUT2D eigenvalue weighted by atomic mass is 31.2. The molecule has 0 spiro atoms. The van der Waals surface area contributed by atoms with Crippen LogP contribution < -0.4 is 4.89 Å². The normalized spacial score (nSPS) is 13.8. The summed E-state index contributed by atoms with van der Waals surface area (Å²) in [6.07, 6.45) is 39.1. The van der Waals surface area contributed by atoms with Crippen molar-refractivity contribution in [2.75, 3.05) is 47.5 Å².